The van der Waals surface area contributed by atoms with Gasteiger partial charge >= 0.3 is 5.97 Å². The third-order valence-electron chi connectivity index (χ3n) is 9.52. The maximum atomic E-state index is 11.9. The van der Waals surface area contributed by atoms with Crippen LogP contribution in [-0.4, -0.2) is 66.6 Å². The molecule has 4 fully saturated rings. The summed E-state index contributed by atoms with van der Waals surface area (Å²) in [5.41, 5.74) is -6.08. The number of rotatable bonds is 1. The van der Waals surface area contributed by atoms with E-state index in [1.165, 1.54) is 6.92 Å². The zero-order valence-corrected chi connectivity index (χ0v) is 18.1. The lowest BCUT2D eigenvalue weighted by Crippen LogP contribution is -2.60. The Balaban J connectivity index is 1.90. The van der Waals surface area contributed by atoms with Gasteiger partial charge in [-0.1, -0.05) is 13.8 Å². The molecule has 0 aliphatic heterocycles. The third kappa shape index (κ3) is 2.45. The molecule has 4 rings (SSSR count). The lowest BCUT2D eigenvalue weighted by atomic mass is 9.57. The molecule has 10 atom stereocenters. The second-order valence-electron chi connectivity index (χ2n) is 11.3. The average Bonchev–Trinajstić information content (AvgIpc) is 2.80. The second kappa shape index (κ2) is 5.94. The number of ether oxygens (including phenoxy) is 1. The molecule has 0 aromatic heterocycles. The van der Waals surface area contributed by atoms with Gasteiger partial charge in [0.1, 0.15) is 11.7 Å². The van der Waals surface area contributed by atoms with Gasteiger partial charge in [0.25, 0.3) is 0 Å². The largest absolute Gasteiger partial charge is 0.462 e. The van der Waals surface area contributed by atoms with E-state index in [4.69, 9.17) is 4.74 Å². The average molecular weight is 413 g/mol. The molecule has 7 heteroatoms. The van der Waals surface area contributed by atoms with Gasteiger partial charge in [0.15, 0.2) is 0 Å². The van der Waals surface area contributed by atoms with E-state index in [2.05, 4.69) is 0 Å². The number of carbonyl (C=O) groups is 1. The number of aliphatic hydroxyl groups is 5. The van der Waals surface area contributed by atoms with Crippen molar-refractivity contribution in [2.45, 2.75) is 102 Å². The quantitative estimate of drug-likeness (QED) is 0.402. The fourth-order valence-corrected chi connectivity index (χ4v) is 8.14. The molecule has 4 saturated carbocycles. The molecule has 0 aromatic carbocycles. The Bertz CT molecular complexity index is 716. The summed E-state index contributed by atoms with van der Waals surface area (Å²) in [4.78, 5) is 11.9. The predicted molar refractivity (Wildman–Crippen MR) is 104 cm³/mol. The van der Waals surface area contributed by atoms with Crippen molar-refractivity contribution in [3.63, 3.8) is 0 Å². The van der Waals surface area contributed by atoms with E-state index in [-0.39, 0.29) is 31.1 Å². The van der Waals surface area contributed by atoms with E-state index in [1.807, 2.05) is 0 Å². The Kier molecular flexibility index (Phi) is 4.41. The minimum Gasteiger partial charge on any atom is -0.462 e. The van der Waals surface area contributed by atoms with Crippen LogP contribution in [0.25, 0.3) is 0 Å². The van der Waals surface area contributed by atoms with Gasteiger partial charge < -0.3 is 30.3 Å². The van der Waals surface area contributed by atoms with E-state index >= 15 is 0 Å². The van der Waals surface area contributed by atoms with Crippen LogP contribution >= 0.6 is 0 Å². The first kappa shape index (κ1) is 21.5. The Morgan fingerprint density at radius 1 is 0.966 bits per heavy atom. The Morgan fingerprint density at radius 2 is 1.59 bits per heavy atom. The van der Waals surface area contributed by atoms with Crippen molar-refractivity contribution in [2.24, 2.45) is 28.6 Å². The van der Waals surface area contributed by atoms with Gasteiger partial charge in [0, 0.05) is 29.6 Å². The summed E-state index contributed by atoms with van der Waals surface area (Å²) in [6.45, 7) is 8.20. The van der Waals surface area contributed by atoms with Crippen molar-refractivity contribution in [3.05, 3.63) is 0 Å². The smallest absolute Gasteiger partial charge is 0.302 e. The van der Waals surface area contributed by atoms with Crippen molar-refractivity contribution < 1.29 is 35.1 Å². The fraction of sp³-hybridized carbons (Fsp3) is 0.955. The fourth-order valence-electron chi connectivity index (χ4n) is 8.14. The van der Waals surface area contributed by atoms with E-state index in [0.29, 0.717) is 12.8 Å². The summed E-state index contributed by atoms with van der Waals surface area (Å²) in [6, 6.07) is 0. The molecule has 7 nitrogen and oxygen atoms in total. The SMILES string of the molecule is CC(=O)O[C@@H]1C2CC[C@@H]3C1(C[C@H](O)[C@@]1(O)[C@@H](C[C@H](O)C1(C)C)[C@]3(C)O)C[C@@]2(C)O. The summed E-state index contributed by atoms with van der Waals surface area (Å²) in [5, 5.41) is 57.0. The molecule has 2 unspecified atom stereocenters. The molecule has 0 aromatic rings. The van der Waals surface area contributed by atoms with Crippen LogP contribution in [0.3, 0.4) is 0 Å². The molecule has 1 spiro atoms. The second-order valence-corrected chi connectivity index (χ2v) is 11.3. The van der Waals surface area contributed by atoms with Gasteiger partial charge in [0.2, 0.25) is 0 Å². The topological polar surface area (TPSA) is 127 Å². The summed E-state index contributed by atoms with van der Waals surface area (Å²) in [7, 11) is 0. The minimum absolute atomic E-state index is 0.0988. The highest BCUT2D eigenvalue weighted by Gasteiger charge is 2.77. The van der Waals surface area contributed by atoms with Crippen LogP contribution in [0, 0.1) is 28.6 Å². The summed E-state index contributed by atoms with van der Waals surface area (Å²) < 4.78 is 5.75. The van der Waals surface area contributed by atoms with E-state index in [9.17, 15) is 30.3 Å². The van der Waals surface area contributed by atoms with Crippen LogP contribution in [0.1, 0.15) is 66.7 Å². The van der Waals surface area contributed by atoms with Crippen LogP contribution < -0.4 is 0 Å². The lowest BCUT2D eigenvalue weighted by molar-refractivity contribution is -0.202. The zero-order valence-electron chi connectivity index (χ0n) is 18.1. The van der Waals surface area contributed by atoms with Crippen LogP contribution in [0.15, 0.2) is 0 Å². The molecule has 0 heterocycles. The molecule has 0 radical (unpaired) electrons. The highest BCUT2D eigenvalue weighted by atomic mass is 16.5. The number of aliphatic hydroxyl groups excluding tert-OH is 2. The van der Waals surface area contributed by atoms with Gasteiger partial charge in [-0.25, -0.2) is 0 Å². The van der Waals surface area contributed by atoms with Crippen molar-refractivity contribution in [1.82, 2.24) is 0 Å². The molecule has 4 aliphatic rings. The van der Waals surface area contributed by atoms with Gasteiger partial charge in [-0.3, -0.25) is 4.79 Å². The Hall–Kier alpha value is -0.730. The van der Waals surface area contributed by atoms with Crippen molar-refractivity contribution in [2.75, 3.05) is 0 Å². The zero-order chi connectivity index (χ0) is 21.8. The molecule has 29 heavy (non-hydrogen) atoms. The standard InChI is InChI=1S/C22H36O7/c1-11(23)29-17-12-6-7-13-20(5,27)14-8-15(24)18(2,3)22(14,28)16(25)9-21(13,17)10-19(12,4)26/h12-17,24-28H,6-10H2,1-5H3/t12?,13-,14-,15-,16-,17+,19+,20+,21?,22-/m0/s1. The first-order chi connectivity index (χ1) is 13.1. The van der Waals surface area contributed by atoms with E-state index in [0.717, 1.165) is 0 Å². The van der Waals surface area contributed by atoms with Crippen LogP contribution in [0.4, 0.5) is 0 Å². The molecule has 0 saturated heterocycles. The van der Waals surface area contributed by atoms with Crippen molar-refractivity contribution in [1.29, 1.82) is 0 Å². The molecule has 166 valence electrons. The first-order valence-electron chi connectivity index (χ1n) is 10.8. The molecule has 5 N–H and O–H groups in total. The molecular weight excluding hydrogens is 376 g/mol. The molecular formula is C22H36O7. The van der Waals surface area contributed by atoms with Gasteiger partial charge in [-0.15, -0.1) is 0 Å². The Morgan fingerprint density at radius 3 is 2.17 bits per heavy atom. The summed E-state index contributed by atoms with van der Waals surface area (Å²) in [5.74, 6) is -1.86. The normalized spacial score (nSPS) is 58.3. The molecule has 2 bridgehead atoms. The van der Waals surface area contributed by atoms with Crippen molar-refractivity contribution >= 4 is 5.97 Å². The van der Waals surface area contributed by atoms with Gasteiger partial charge in [-0.05, 0) is 51.9 Å². The maximum absolute atomic E-state index is 11.9. The first-order valence-corrected chi connectivity index (χ1v) is 10.8. The van der Waals surface area contributed by atoms with Gasteiger partial charge in [0.05, 0.1) is 23.4 Å². The van der Waals surface area contributed by atoms with Crippen LogP contribution in [-0.2, 0) is 9.53 Å². The third-order valence-corrected chi connectivity index (χ3v) is 9.52. The number of hydrogen-bond acceptors (Lipinski definition) is 7. The highest BCUT2D eigenvalue weighted by Crippen LogP contribution is 2.70. The lowest BCUT2D eigenvalue weighted by Gasteiger charge is -2.51. The number of carbonyl (C=O) groups excluding carboxylic acids is 1. The van der Waals surface area contributed by atoms with E-state index in [1.54, 1.807) is 27.7 Å². The van der Waals surface area contributed by atoms with Gasteiger partial charge in [-0.2, -0.15) is 0 Å². The monoisotopic (exact) mass is 412 g/mol. The van der Waals surface area contributed by atoms with Crippen LogP contribution in [0.5, 0.6) is 0 Å². The number of hydrogen-bond donors (Lipinski definition) is 5. The molecule has 4 aliphatic carbocycles. The summed E-state index contributed by atoms with van der Waals surface area (Å²) in [6.07, 6.45) is -0.985. The van der Waals surface area contributed by atoms with Crippen LogP contribution in [0.2, 0.25) is 0 Å². The Labute approximate surface area is 172 Å². The predicted octanol–water partition coefficient (Wildman–Crippen LogP) is 0.739. The van der Waals surface area contributed by atoms with Crippen molar-refractivity contribution in [3.8, 4) is 0 Å². The highest BCUT2D eigenvalue weighted by molar-refractivity contribution is 5.66. The minimum atomic E-state index is -1.70. The van der Waals surface area contributed by atoms with E-state index < -0.39 is 57.8 Å². The molecule has 0 amide bonds. The number of esters is 1. The maximum Gasteiger partial charge on any atom is 0.302 e. The summed E-state index contributed by atoms with van der Waals surface area (Å²) >= 11 is 0. The number of fused-ring (bicyclic) bond motifs is 2.